The third kappa shape index (κ3) is 4.35. The van der Waals surface area contributed by atoms with Crippen LogP contribution < -0.4 is 0 Å². The number of alkyl halides is 2. The number of carboxylic acid groups (broad SMARTS) is 1. The Balaban J connectivity index is 2.75. The van der Waals surface area contributed by atoms with Crippen LogP contribution in [-0.4, -0.2) is 86.1 Å². The molecule has 1 saturated heterocycles. The number of ether oxygens (including phenoxy) is 2. The van der Waals surface area contributed by atoms with Crippen molar-refractivity contribution in [2.45, 2.75) is 30.7 Å². The van der Waals surface area contributed by atoms with E-state index in [1.54, 1.807) is 0 Å². The average Bonchev–Trinajstić information content (AvgIpc) is 2.48. The van der Waals surface area contributed by atoms with Gasteiger partial charge in [0.05, 0.1) is 13.2 Å². The lowest BCUT2D eigenvalue weighted by molar-refractivity contribution is -0.298. The van der Waals surface area contributed by atoms with Crippen LogP contribution in [0.2, 0.25) is 0 Å². The van der Waals surface area contributed by atoms with Crippen molar-refractivity contribution in [3.63, 3.8) is 0 Å². The van der Waals surface area contributed by atoms with Crippen molar-refractivity contribution in [3.8, 4) is 0 Å². The van der Waals surface area contributed by atoms with Gasteiger partial charge in [-0.3, -0.25) is 0 Å². The predicted octanol–water partition coefficient (Wildman–Crippen LogP) is -1.34. The van der Waals surface area contributed by atoms with E-state index in [1.807, 2.05) is 0 Å². The summed E-state index contributed by atoms with van der Waals surface area (Å²) in [6.45, 7) is -0.281. The molecule has 10 heteroatoms. The minimum absolute atomic E-state index is 0.0586. The average molecular weight is 438 g/mol. The molecule has 21 heavy (non-hydrogen) atoms. The Morgan fingerprint density at radius 2 is 1.71 bits per heavy atom. The molecule has 0 radical (unpaired) electrons. The molecule has 1 aliphatic rings. The first-order chi connectivity index (χ1) is 9.81. The molecule has 0 aromatic heterocycles. The molecule has 0 spiro atoms. The van der Waals surface area contributed by atoms with Crippen molar-refractivity contribution in [2.24, 2.45) is 5.41 Å². The molecular formula is C11H18Br2O8. The van der Waals surface area contributed by atoms with Crippen molar-refractivity contribution in [2.75, 3.05) is 23.9 Å². The summed E-state index contributed by atoms with van der Waals surface area (Å²) in [4.78, 5) is 10.9. The molecule has 1 fully saturated rings. The van der Waals surface area contributed by atoms with Gasteiger partial charge in [0.15, 0.2) is 12.4 Å². The van der Waals surface area contributed by atoms with Crippen molar-refractivity contribution in [3.05, 3.63) is 0 Å². The van der Waals surface area contributed by atoms with Gasteiger partial charge < -0.3 is 35.0 Å². The van der Waals surface area contributed by atoms with E-state index >= 15 is 0 Å². The molecule has 0 saturated carbocycles. The largest absolute Gasteiger partial charge is 0.479 e. The topological polar surface area (TPSA) is 137 Å². The van der Waals surface area contributed by atoms with Gasteiger partial charge in [-0.15, -0.1) is 0 Å². The number of hydrogen-bond donors (Lipinski definition) is 5. The smallest absolute Gasteiger partial charge is 0.335 e. The lowest BCUT2D eigenvalue weighted by Crippen LogP contribution is -2.60. The molecule has 0 unspecified atom stereocenters. The first-order valence-corrected chi connectivity index (χ1v) is 8.33. The number of aliphatic hydroxyl groups is 4. The van der Waals surface area contributed by atoms with Crippen LogP contribution in [0.1, 0.15) is 0 Å². The standard InChI is InChI=1S/C11H18Br2O8/c12-1-11(2-13,3-14)4-20-10-7(17)5(15)6(16)8(21-10)9(18)19/h5-8,10,14-17H,1-4H2,(H,18,19)/t5-,6-,7-,8+,10+/m1/s1. The highest BCUT2D eigenvalue weighted by atomic mass is 79.9. The number of aliphatic carboxylic acids is 1. The summed E-state index contributed by atoms with van der Waals surface area (Å²) in [5.74, 6) is -1.48. The SMILES string of the molecule is O=C(O)[C@H]1O[C@H](OCC(CO)(CBr)CBr)[C@H](O)[C@H](O)[C@H]1O. The van der Waals surface area contributed by atoms with Gasteiger partial charge in [0.2, 0.25) is 0 Å². The summed E-state index contributed by atoms with van der Waals surface area (Å²) in [7, 11) is 0. The molecule has 0 aromatic carbocycles. The van der Waals surface area contributed by atoms with Crippen molar-refractivity contribution in [1.82, 2.24) is 0 Å². The number of rotatable bonds is 7. The van der Waals surface area contributed by atoms with E-state index in [0.717, 1.165) is 0 Å². The van der Waals surface area contributed by atoms with Gasteiger partial charge >= 0.3 is 5.97 Å². The molecule has 1 heterocycles. The molecule has 0 aromatic rings. The molecule has 124 valence electrons. The van der Waals surface area contributed by atoms with Crippen molar-refractivity contribution < 1.29 is 39.8 Å². The fourth-order valence-corrected chi connectivity index (χ4v) is 3.30. The Bertz CT molecular complexity index is 343. The lowest BCUT2D eigenvalue weighted by atomic mass is 9.95. The molecule has 1 aliphatic heterocycles. The molecular weight excluding hydrogens is 420 g/mol. The minimum Gasteiger partial charge on any atom is -0.479 e. The third-order valence-corrected chi connectivity index (χ3v) is 5.65. The summed E-state index contributed by atoms with van der Waals surface area (Å²) in [5, 5.41) is 48.0. The molecule has 5 atom stereocenters. The third-order valence-electron chi connectivity index (χ3n) is 3.27. The van der Waals surface area contributed by atoms with Crippen LogP contribution in [0.5, 0.6) is 0 Å². The Morgan fingerprint density at radius 3 is 2.14 bits per heavy atom. The van der Waals surface area contributed by atoms with E-state index in [9.17, 15) is 25.2 Å². The van der Waals surface area contributed by atoms with Crippen molar-refractivity contribution in [1.29, 1.82) is 0 Å². The Morgan fingerprint density at radius 1 is 1.14 bits per heavy atom. The van der Waals surface area contributed by atoms with E-state index in [4.69, 9.17) is 14.6 Å². The number of carbonyl (C=O) groups is 1. The monoisotopic (exact) mass is 436 g/mol. The Hall–Kier alpha value is 0.190. The second-order valence-electron chi connectivity index (χ2n) is 4.97. The van der Waals surface area contributed by atoms with Gasteiger partial charge in [0.25, 0.3) is 0 Å². The predicted molar refractivity (Wildman–Crippen MR) is 77.4 cm³/mol. The first kappa shape index (κ1) is 19.2. The highest BCUT2D eigenvalue weighted by molar-refractivity contribution is 9.09. The van der Waals surface area contributed by atoms with Gasteiger partial charge in [-0.05, 0) is 0 Å². The zero-order valence-corrected chi connectivity index (χ0v) is 14.1. The van der Waals surface area contributed by atoms with Crippen LogP contribution in [0.4, 0.5) is 0 Å². The normalized spacial score (nSPS) is 33.9. The summed E-state index contributed by atoms with van der Waals surface area (Å²) in [5.41, 5.74) is -0.692. The summed E-state index contributed by atoms with van der Waals surface area (Å²) < 4.78 is 10.3. The van der Waals surface area contributed by atoms with Crippen LogP contribution in [0, 0.1) is 5.41 Å². The number of carboxylic acids is 1. The highest BCUT2D eigenvalue weighted by Gasteiger charge is 2.48. The number of hydrogen-bond acceptors (Lipinski definition) is 7. The van der Waals surface area contributed by atoms with Gasteiger partial charge in [-0.2, -0.15) is 0 Å². The van der Waals surface area contributed by atoms with Crippen LogP contribution >= 0.6 is 31.9 Å². The number of halogens is 2. The van der Waals surface area contributed by atoms with Gasteiger partial charge in [-0.1, -0.05) is 31.9 Å². The van der Waals surface area contributed by atoms with Crippen molar-refractivity contribution >= 4 is 37.8 Å². The molecule has 0 amide bonds. The molecule has 1 rings (SSSR count). The van der Waals surface area contributed by atoms with E-state index in [-0.39, 0.29) is 13.2 Å². The van der Waals surface area contributed by atoms with Crippen LogP contribution in [-0.2, 0) is 14.3 Å². The quantitative estimate of drug-likeness (QED) is 0.309. The minimum atomic E-state index is -1.76. The van der Waals surface area contributed by atoms with E-state index < -0.39 is 42.1 Å². The molecule has 8 nitrogen and oxygen atoms in total. The zero-order valence-electron chi connectivity index (χ0n) is 10.9. The summed E-state index contributed by atoms with van der Waals surface area (Å²) >= 11 is 6.47. The van der Waals surface area contributed by atoms with Gasteiger partial charge in [0.1, 0.15) is 18.3 Å². The summed E-state index contributed by atoms with van der Waals surface area (Å²) in [6, 6.07) is 0. The fraction of sp³-hybridized carbons (Fsp3) is 0.909. The van der Waals surface area contributed by atoms with Crippen LogP contribution in [0.25, 0.3) is 0 Å². The Kier molecular flexibility index (Phi) is 7.47. The number of aliphatic hydroxyl groups excluding tert-OH is 4. The van der Waals surface area contributed by atoms with Gasteiger partial charge in [-0.25, -0.2) is 4.79 Å². The first-order valence-electron chi connectivity index (χ1n) is 6.09. The maximum absolute atomic E-state index is 10.9. The lowest BCUT2D eigenvalue weighted by Gasteiger charge is -2.40. The highest BCUT2D eigenvalue weighted by Crippen LogP contribution is 2.27. The fourth-order valence-electron chi connectivity index (χ4n) is 1.69. The molecule has 0 bridgehead atoms. The van der Waals surface area contributed by atoms with E-state index in [0.29, 0.717) is 10.7 Å². The maximum Gasteiger partial charge on any atom is 0.335 e. The second kappa shape index (κ2) is 8.16. The Labute approximate surface area is 137 Å². The van der Waals surface area contributed by atoms with E-state index in [1.165, 1.54) is 0 Å². The maximum atomic E-state index is 10.9. The zero-order chi connectivity index (χ0) is 16.2. The van der Waals surface area contributed by atoms with Crippen LogP contribution in [0.3, 0.4) is 0 Å². The van der Waals surface area contributed by atoms with Gasteiger partial charge in [0, 0.05) is 16.1 Å². The molecule has 5 N–H and O–H groups in total. The molecule has 0 aliphatic carbocycles. The second-order valence-corrected chi connectivity index (χ2v) is 6.09. The van der Waals surface area contributed by atoms with Crippen LogP contribution in [0.15, 0.2) is 0 Å². The van der Waals surface area contributed by atoms with E-state index in [2.05, 4.69) is 31.9 Å². The summed E-state index contributed by atoms with van der Waals surface area (Å²) in [6.07, 6.45) is -8.19.